The van der Waals surface area contributed by atoms with Crippen molar-refractivity contribution in [3.05, 3.63) is 29.8 Å². The predicted octanol–water partition coefficient (Wildman–Crippen LogP) is 2.70. The zero-order valence-corrected chi connectivity index (χ0v) is 15.1. The van der Waals surface area contributed by atoms with E-state index in [0.29, 0.717) is 18.8 Å². The Morgan fingerprint density at radius 2 is 2.21 bits per heavy atom. The van der Waals surface area contributed by atoms with Crippen LogP contribution < -0.4 is 10.1 Å². The van der Waals surface area contributed by atoms with Gasteiger partial charge in [0.05, 0.1) is 6.61 Å². The Balaban J connectivity index is 2.05. The number of methoxy groups -OCH3 is 1. The zero-order valence-electron chi connectivity index (χ0n) is 15.1. The molecule has 0 aromatic heterocycles. The predicted molar refractivity (Wildman–Crippen MR) is 95.6 cm³/mol. The van der Waals surface area contributed by atoms with Gasteiger partial charge in [-0.1, -0.05) is 6.07 Å². The Morgan fingerprint density at radius 3 is 2.88 bits per heavy atom. The van der Waals surface area contributed by atoms with Gasteiger partial charge >= 0.3 is 0 Å². The molecule has 1 amide bonds. The molecular weight excluding hydrogens is 304 g/mol. The Hall–Kier alpha value is -1.59. The molecule has 1 aromatic carbocycles. The fraction of sp³-hybridized carbons (Fsp3) is 0.632. The highest BCUT2D eigenvalue weighted by Gasteiger charge is 2.28. The first-order chi connectivity index (χ1) is 11.6. The molecule has 0 saturated carbocycles. The van der Waals surface area contributed by atoms with Crippen molar-refractivity contribution in [1.82, 2.24) is 10.2 Å². The van der Waals surface area contributed by atoms with E-state index in [1.807, 2.05) is 29.2 Å². The first-order valence-corrected chi connectivity index (χ1v) is 8.88. The molecule has 1 heterocycles. The largest absolute Gasteiger partial charge is 0.493 e. The van der Waals surface area contributed by atoms with Gasteiger partial charge in [0.1, 0.15) is 5.75 Å². The fourth-order valence-electron chi connectivity index (χ4n) is 3.15. The summed E-state index contributed by atoms with van der Waals surface area (Å²) in [6.45, 7) is 7.34. The number of ether oxygens (including phenoxy) is 2. The molecule has 1 aliphatic heterocycles. The summed E-state index contributed by atoms with van der Waals surface area (Å²) < 4.78 is 10.7. The molecule has 0 aliphatic carbocycles. The lowest BCUT2D eigenvalue weighted by molar-refractivity contribution is 0.0573. The third-order valence-corrected chi connectivity index (χ3v) is 4.30. The van der Waals surface area contributed by atoms with Crippen LogP contribution in [0.5, 0.6) is 5.75 Å². The van der Waals surface area contributed by atoms with Crippen molar-refractivity contribution in [2.24, 2.45) is 0 Å². The average molecular weight is 334 g/mol. The van der Waals surface area contributed by atoms with Crippen LogP contribution in [0.3, 0.4) is 0 Å². The summed E-state index contributed by atoms with van der Waals surface area (Å²) in [5.41, 5.74) is 0.693. The van der Waals surface area contributed by atoms with Gasteiger partial charge in [0.15, 0.2) is 0 Å². The zero-order chi connectivity index (χ0) is 17.4. The van der Waals surface area contributed by atoms with Crippen LogP contribution in [0.4, 0.5) is 0 Å². The van der Waals surface area contributed by atoms with Crippen LogP contribution in [-0.4, -0.2) is 56.3 Å². The van der Waals surface area contributed by atoms with Gasteiger partial charge in [0.2, 0.25) is 0 Å². The monoisotopic (exact) mass is 334 g/mol. The molecule has 0 spiro atoms. The lowest BCUT2D eigenvalue weighted by atomic mass is 10.0. The third kappa shape index (κ3) is 5.21. The van der Waals surface area contributed by atoms with E-state index in [0.717, 1.165) is 38.1 Å². The Bertz CT molecular complexity index is 513. The van der Waals surface area contributed by atoms with Crippen molar-refractivity contribution in [3.8, 4) is 5.75 Å². The summed E-state index contributed by atoms with van der Waals surface area (Å²) in [4.78, 5) is 15.0. The Kier molecular flexibility index (Phi) is 7.53. The van der Waals surface area contributed by atoms with E-state index in [-0.39, 0.29) is 18.0 Å². The van der Waals surface area contributed by atoms with E-state index < -0.39 is 0 Å². The van der Waals surface area contributed by atoms with E-state index in [1.165, 1.54) is 0 Å². The van der Waals surface area contributed by atoms with E-state index in [1.54, 1.807) is 7.11 Å². The second-order valence-corrected chi connectivity index (χ2v) is 6.53. The second-order valence-electron chi connectivity index (χ2n) is 6.53. The summed E-state index contributed by atoms with van der Waals surface area (Å²) in [6.07, 6.45) is 3.01. The lowest BCUT2D eigenvalue weighted by Gasteiger charge is -2.37. The minimum absolute atomic E-state index is 0.0843. The maximum Gasteiger partial charge on any atom is 0.254 e. The van der Waals surface area contributed by atoms with Crippen LogP contribution in [0.2, 0.25) is 0 Å². The van der Waals surface area contributed by atoms with Crippen LogP contribution in [0, 0.1) is 0 Å². The van der Waals surface area contributed by atoms with E-state index >= 15 is 0 Å². The number of nitrogens with one attached hydrogen (secondary N) is 1. The van der Waals surface area contributed by atoms with E-state index in [2.05, 4.69) is 19.2 Å². The van der Waals surface area contributed by atoms with Crippen LogP contribution in [-0.2, 0) is 4.74 Å². The highest BCUT2D eigenvalue weighted by Crippen LogP contribution is 2.20. The molecule has 1 aromatic rings. The van der Waals surface area contributed by atoms with Crippen LogP contribution >= 0.6 is 0 Å². The molecule has 134 valence electrons. The van der Waals surface area contributed by atoms with E-state index in [4.69, 9.17) is 9.47 Å². The summed E-state index contributed by atoms with van der Waals surface area (Å²) in [5.74, 6) is 0.823. The highest BCUT2D eigenvalue weighted by atomic mass is 16.5. The molecule has 0 bridgehead atoms. The van der Waals surface area contributed by atoms with Crippen LogP contribution in [0.15, 0.2) is 24.3 Å². The van der Waals surface area contributed by atoms with Crippen molar-refractivity contribution in [2.75, 3.05) is 33.4 Å². The first-order valence-electron chi connectivity index (χ1n) is 8.88. The highest BCUT2D eigenvalue weighted by molar-refractivity contribution is 5.95. The molecule has 5 nitrogen and oxygen atoms in total. The second kappa shape index (κ2) is 9.64. The van der Waals surface area contributed by atoms with Crippen molar-refractivity contribution in [3.63, 3.8) is 0 Å². The van der Waals surface area contributed by atoms with Gasteiger partial charge in [-0.2, -0.15) is 0 Å². The molecule has 1 atom stereocenters. The van der Waals surface area contributed by atoms with Gasteiger partial charge in [-0.05, 0) is 51.4 Å². The molecule has 0 unspecified atom stereocenters. The molecule has 1 N–H and O–H groups in total. The van der Waals surface area contributed by atoms with Gasteiger partial charge in [0.25, 0.3) is 5.91 Å². The number of nitrogens with zero attached hydrogens (tertiary/aromatic N) is 1. The number of amides is 1. The quantitative estimate of drug-likeness (QED) is 0.743. The number of hydrogen-bond donors (Lipinski definition) is 1. The molecule has 1 fully saturated rings. The SMILES string of the molecule is COCCCOc1cccc(C(=O)N(C(C)C)[C@@H]2CCCNC2)c1. The van der Waals surface area contributed by atoms with Gasteiger partial charge in [0, 0.05) is 44.3 Å². The maximum atomic E-state index is 13.0. The number of rotatable bonds is 8. The fourth-order valence-corrected chi connectivity index (χ4v) is 3.15. The summed E-state index contributed by atoms with van der Waals surface area (Å²) in [6, 6.07) is 7.94. The summed E-state index contributed by atoms with van der Waals surface area (Å²) >= 11 is 0. The van der Waals surface area contributed by atoms with Crippen molar-refractivity contribution in [1.29, 1.82) is 0 Å². The summed E-state index contributed by atoms with van der Waals surface area (Å²) in [7, 11) is 1.68. The third-order valence-electron chi connectivity index (χ3n) is 4.30. The summed E-state index contributed by atoms with van der Waals surface area (Å²) in [5, 5.41) is 3.40. The van der Waals surface area contributed by atoms with Gasteiger partial charge in [-0.25, -0.2) is 0 Å². The Labute approximate surface area is 145 Å². The number of benzene rings is 1. The van der Waals surface area contributed by atoms with Crippen molar-refractivity contribution < 1.29 is 14.3 Å². The standard InChI is InChI=1S/C19H30N2O3/c1-15(2)21(17-8-5-10-20-14-17)19(22)16-7-4-9-18(13-16)24-12-6-11-23-3/h4,7,9,13,15,17,20H,5-6,8,10-12,14H2,1-3H3/t17-/m1/s1. The average Bonchev–Trinajstić information content (AvgIpc) is 2.60. The number of piperidine rings is 1. The molecule has 0 radical (unpaired) electrons. The number of hydrogen-bond acceptors (Lipinski definition) is 4. The van der Waals surface area contributed by atoms with Gasteiger partial charge < -0.3 is 19.7 Å². The minimum Gasteiger partial charge on any atom is -0.493 e. The molecule has 1 saturated heterocycles. The van der Waals surface area contributed by atoms with E-state index in [9.17, 15) is 4.79 Å². The van der Waals surface area contributed by atoms with Crippen molar-refractivity contribution >= 4 is 5.91 Å². The molecule has 24 heavy (non-hydrogen) atoms. The number of carbonyl (C=O) groups is 1. The lowest BCUT2D eigenvalue weighted by Crippen LogP contribution is -2.51. The van der Waals surface area contributed by atoms with Crippen LogP contribution in [0.25, 0.3) is 0 Å². The normalized spacial score (nSPS) is 17.8. The molecular formula is C19H30N2O3. The Morgan fingerprint density at radius 1 is 1.38 bits per heavy atom. The molecule has 5 heteroatoms. The molecule has 1 aliphatic rings. The number of carbonyl (C=O) groups excluding carboxylic acids is 1. The first kappa shape index (κ1) is 18.7. The smallest absolute Gasteiger partial charge is 0.254 e. The minimum atomic E-state index is 0.0843. The van der Waals surface area contributed by atoms with Gasteiger partial charge in [-0.15, -0.1) is 0 Å². The molecule has 2 rings (SSSR count). The van der Waals surface area contributed by atoms with Gasteiger partial charge in [-0.3, -0.25) is 4.79 Å². The maximum absolute atomic E-state index is 13.0. The topological polar surface area (TPSA) is 50.8 Å². The van der Waals surface area contributed by atoms with Crippen LogP contribution in [0.1, 0.15) is 43.5 Å². The van der Waals surface area contributed by atoms with Crippen molar-refractivity contribution in [2.45, 2.75) is 45.2 Å².